The number of amides is 2. The summed E-state index contributed by atoms with van der Waals surface area (Å²) < 4.78 is 0. The van der Waals surface area contributed by atoms with Gasteiger partial charge in [0.15, 0.2) is 0 Å². The highest BCUT2D eigenvalue weighted by Gasteiger charge is 2.42. The van der Waals surface area contributed by atoms with Crippen molar-refractivity contribution in [3.05, 3.63) is 105 Å². The van der Waals surface area contributed by atoms with Crippen LogP contribution in [0.5, 0.6) is 0 Å². The van der Waals surface area contributed by atoms with Gasteiger partial charge in [-0.2, -0.15) is 0 Å². The number of carbonyl (C=O) groups excluding carboxylic acids is 2. The van der Waals surface area contributed by atoms with E-state index < -0.39 is 0 Å². The second kappa shape index (κ2) is 9.24. The van der Waals surface area contributed by atoms with Gasteiger partial charge < -0.3 is 4.90 Å². The van der Waals surface area contributed by atoms with Gasteiger partial charge in [0.25, 0.3) is 11.8 Å². The van der Waals surface area contributed by atoms with Gasteiger partial charge in [-0.25, -0.2) is 4.90 Å². The summed E-state index contributed by atoms with van der Waals surface area (Å²) in [5.41, 5.74) is 6.22. The zero-order valence-electron chi connectivity index (χ0n) is 19.4. The van der Waals surface area contributed by atoms with Gasteiger partial charge in [0.1, 0.15) is 5.70 Å². The number of anilines is 1. The molecule has 0 spiro atoms. The van der Waals surface area contributed by atoms with Gasteiger partial charge in [0.05, 0.1) is 11.3 Å². The lowest BCUT2D eigenvalue weighted by Crippen LogP contribution is -2.35. The molecule has 0 bridgehead atoms. The number of aryl methyl sites for hydroxylation is 3. The average Bonchev–Trinajstić information content (AvgIpc) is 3.06. The van der Waals surface area contributed by atoms with Crippen LogP contribution in [0, 0.1) is 20.8 Å². The minimum atomic E-state index is -0.324. The molecule has 4 rings (SSSR count). The number of hydrogen-bond acceptors (Lipinski definition) is 3. The van der Waals surface area contributed by atoms with Crippen LogP contribution in [0.4, 0.5) is 5.69 Å². The zero-order valence-corrected chi connectivity index (χ0v) is 20.1. The molecule has 1 aliphatic heterocycles. The summed E-state index contributed by atoms with van der Waals surface area (Å²) in [4.78, 5) is 31.0. The molecule has 4 nitrogen and oxygen atoms in total. The fourth-order valence-corrected chi connectivity index (χ4v) is 4.33. The number of benzene rings is 3. The van der Waals surface area contributed by atoms with E-state index >= 15 is 0 Å². The standard InChI is InChI=1S/C28H27ClN2O2/c1-5-30(17-21-9-7-6-8-10-21)26-25(22-13-11-18(2)20(4)15-22)27(32)31(28(26)33)24-16-23(29)14-12-19(24)3/h6-16H,5,17H2,1-4H3. The van der Waals surface area contributed by atoms with Crippen molar-refractivity contribution in [3.63, 3.8) is 0 Å². The van der Waals surface area contributed by atoms with Crippen LogP contribution < -0.4 is 4.90 Å². The summed E-state index contributed by atoms with van der Waals surface area (Å²) in [6, 6.07) is 21.1. The Bertz CT molecular complexity index is 1260. The van der Waals surface area contributed by atoms with Crippen LogP contribution >= 0.6 is 11.6 Å². The van der Waals surface area contributed by atoms with E-state index in [1.54, 1.807) is 12.1 Å². The Hall–Kier alpha value is -3.37. The van der Waals surface area contributed by atoms with Crippen molar-refractivity contribution in [2.75, 3.05) is 11.4 Å². The monoisotopic (exact) mass is 458 g/mol. The van der Waals surface area contributed by atoms with Crippen LogP contribution in [0.3, 0.4) is 0 Å². The van der Waals surface area contributed by atoms with Crippen molar-refractivity contribution in [2.45, 2.75) is 34.2 Å². The van der Waals surface area contributed by atoms with Crippen molar-refractivity contribution in [2.24, 2.45) is 0 Å². The molecule has 2 amide bonds. The number of carbonyl (C=O) groups is 2. The lowest BCUT2D eigenvalue weighted by Gasteiger charge is -2.25. The number of nitrogens with zero attached hydrogens (tertiary/aromatic N) is 2. The first-order chi connectivity index (χ1) is 15.8. The molecular weight excluding hydrogens is 432 g/mol. The Morgan fingerprint density at radius 3 is 2.18 bits per heavy atom. The Morgan fingerprint density at radius 2 is 1.52 bits per heavy atom. The molecule has 1 heterocycles. The van der Waals surface area contributed by atoms with E-state index in [-0.39, 0.29) is 11.8 Å². The van der Waals surface area contributed by atoms with Gasteiger partial charge >= 0.3 is 0 Å². The minimum Gasteiger partial charge on any atom is -0.362 e. The van der Waals surface area contributed by atoms with E-state index in [0.717, 1.165) is 27.8 Å². The molecule has 0 unspecified atom stereocenters. The van der Waals surface area contributed by atoms with Crippen LogP contribution in [0.1, 0.15) is 34.7 Å². The summed E-state index contributed by atoms with van der Waals surface area (Å²) in [6.07, 6.45) is 0. The molecule has 0 saturated carbocycles. The van der Waals surface area contributed by atoms with Crippen molar-refractivity contribution in [1.82, 2.24) is 4.90 Å². The molecule has 33 heavy (non-hydrogen) atoms. The number of halogens is 1. The normalized spacial score (nSPS) is 13.8. The third-order valence-electron chi connectivity index (χ3n) is 6.18. The molecule has 0 fully saturated rings. The smallest absolute Gasteiger partial charge is 0.282 e. The SMILES string of the molecule is CCN(Cc1ccccc1)C1=C(c2ccc(C)c(C)c2)C(=O)N(c2cc(Cl)ccc2C)C1=O. The van der Waals surface area contributed by atoms with Gasteiger partial charge in [0, 0.05) is 18.1 Å². The highest BCUT2D eigenvalue weighted by molar-refractivity contribution is 6.45. The first kappa shape index (κ1) is 22.8. The topological polar surface area (TPSA) is 40.6 Å². The van der Waals surface area contributed by atoms with E-state index in [0.29, 0.717) is 35.1 Å². The molecular formula is C28H27ClN2O2. The molecule has 0 aliphatic carbocycles. The largest absolute Gasteiger partial charge is 0.362 e. The minimum absolute atomic E-state index is 0.323. The summed E-state index contributed by atoms with van der Waals surface area (Å²) >= 11 is 6.24. The Morgan fingerprint density at radius 1 is 0.818 bits per heavy atom. The van der Waals surface area contributed by atoms with Crippen LogP contribution in [-0.4, -0.2) is 23.3 Å². The van der Waals surface area contributed by atoms with Gasteiger partial charge in [-0.1, -0.05) is 66.2 Å². The first-order valence-corrected chi connectivity index (χ1v) is 11.4. The van der Waals surface area contributed by atoms with Crippen molar-refractivity contribution in [1.29, 1.82) is 0 Å². The summed E-state index contributed by atoms with van der Waals surface area (Å²) in [7, 11) is 0. The van der Waals surface area contributed by atoms with Gasteiger partial charge in [-0.05, 0) is 67.6 Å². The molecule has 3 aromatic carbocycles. The van der Waals surface area contributed by atoms with Crippen molar-refractivity contribution in [3.8, 4) is 0 Å². The molecule has 0 radical (unpaired) electrons. The second-order valence-electron chi connectivity index (χ2n) is 8.40. The predicted octanol–water partition coefficient (Wildman–Crippen LogP) is 6.07. The van der Waals surface area contributed by atoms with Gasteiger partial charge in [-0.3, -0.25) is 9.59 Å². The average molecular weight is 459 g/mol. The quantitative estimate of drug-likeness (QED) is 0.421. The maximum absolute atomic E-state index is 13.9. The molecule has 5 heteroatoms. The summed E-state index contributed by atoms with van der Waals surface area (Å²) in [6.45, 7) is 9.04. The number of rotatable bonds is 6. The lowest BCUT2D eigenvalue weighted by atomic mass is 9.99. The second-order valence-corrected chi connectivity index (χ2v) is 8.84. The van der Waals surface area contributed by atoms with Crippen LogP contribution in [-0.2, 0) is 16.1 Å². The predicted molar refractivity (Wildman–Crippen MR) is 134 cm³/mol. The number of likely N-dealkylation sites (N-methyl/N-ethyl adjacent to an activating group) is 1. The Kier molecular flexibility index (Phi) is 6.39. The third kappa shape index (κ3) is 4.31. The number of imide groups is 1. The third-order valence-corrected chi connectivity index (χ3v) is 6.42. The molecule has 0 N–H and O–H groups in total. The molecule has 0 saturated heterocycles. The highest BCUT2D eigenvalue weighted by Crippen LogP contribution is 2.37. The fraction of sp³-hybridized carbons (Fsp3) is 0.214. The van der Waals surface area contributed by atoms with Gasteiger partial charge in [-0.15, -0.1) is 0 Å². The van der Waals surface area contributed by atoms with E-state index in [9.17, 15) is 9.59 Å². The lowest BCUT2D eigenvalue weighted by molar-refractivity contribution is -0.120. The first-order valence-electron chi connectivity index (χ1n) is 11.1. The molecule has 3 aromatic rings. The van der Waals surface area contributed by atoms with E-state index in [1.807, 2.05) is 87.2 Å². The van der Waals surface area contributed by atoms with Crippen LogP contribution in [0.2, 0.25) is 5.02 Å². The van der Waals surface area contributed by atoms with E-state index in [4.69, 9.17) is 11.6 Å². The summed E-state index contributed by atoms with van der Waals surface area (Å²) in [5.74, 6) is -0.647. The zero-order chi connectivity index (χ0) is 23.7. The Balaban J connectivity index is 1.88. The van der Waals surface area contributed by atoms with Crippen molar-refractivity contribution < 1.29 is 9.59 Å². The maximum Gasteiger partial charge on any atom is 0.282 e. The maximum atomic E-state index is 13.9. The highest BCUT2D eigenvalue weighted by atomic mass is 35.5. The summed E-state index contributed by atoms with van der Waals surface area (Å²) in [5, 5.41) is 0.481. The fourth-order valence-electron chi connectivity index (χ4n) is 4.16. The van der Waals surface area contributed by atoms with E-state index in [1.165, 1.54) is 4.90 Å². The van der Waals surface area contributed by atoms with E-state index in [2.05, 4.69) is 0 Å². The van der Waals surface area contributed by atoms with Gasteiger partial charge in [0.2, 0.25) is 0 Å². The molecule has 1 aliphatic rings. The van der Waals surface area contributed by atoms with Crippen LogP contribution in [0.25, 0.3) is 5.57 Å². The van der Waals surface area contributed by atoms with Crippen LogP contribution in [0.15, 0.2) is 72.4 Å². The Labute approximate surface area is 200 Å². The molecule has 0 aromatic heterocycles. The number of hydrogen-bond donors (Lipinski definition) is 0. The van der Waals surface area contributed by atoms with Crippen molar-refractivity contribution >= 4 is 34.7 Å². The molecule has 168 valence electrons. The molecule has 0 atom stereocenters.